The van der Waals surface area contributed by atoms with E-state index in [9.17, 15) is 18.0 Å². The second-order valence-electron chi connectivity index (χ2n) is 8.59. The van der Waals surface area contributed by atoms with Crippen LogP contribution in [-0.2, 0) is 13.2 Å². The van der Waals surface area contributed by atoms with Crippen LogP contribution in [0.1, 0.15) is 44.1 Å². The molecule has 31 heavy (non-hydrogen) atoms. The predicted molar refractivity (Wildman–Crippen MR) is 107 cm³/mol. The van der Waals surface area contributed by atoms with Crippen molar-refractivity contribution in [1.82, 2.24) is 9.55 Å². The van der Waals surface area contributed by atoms with E-state index in [4.69, 9.17) is 9.47 Å². The van der Waals surface area contributed by atoms with Gasteiger partial charge in [0.25, 0.3) is 0 Å². The van der Waals surface area contributed by atoms with Crippen molar-refractivity contribution in [3.05, 3.63) is 45.9 Å². The van der Waals surface area contributed by atoms with E-state index in [0.29, 0.717) is 25.4 Å². The lowest BCUT2D eigenvalue weighted by atomic mass is 10.0. The summed E-state index contributed by atoms with van der Waals surface area (Å²) in [5.41, 5.74) is -0.932. The molecule has 1 aromatic heterocycles. The Kier molecular flexibility index (Phi) is 5.06. The van der Waals surface area contributed by atoms with E-state index in [2.05, 4.69) is 9.88 Å². The number of benzene rings is 1. The van der Waals surface area contributed by atoms with Gasteiger partial charge >= 0.3 is 5.69 Å². The van der Waals surface area contributed by atoms with Gasteiger partial charge in [0, 0.05) is 31.6 Å². The topological polar surface area (TPSA) is 56.6 Å². The molecule has 1 saturated carbocycles. The van der Waals surface area contributed by atoms with Crippen molar-refractivity contribution in [3.8, 4) is 11.6 Å². The number of hydrogen-bond donors (Lipinski definition) is 0. The van der Waals surface area contributed by atoms with Crippen LogP contribution in [0.5, 0.6) is 11.6 Å². The van der Waals surface area contributed by atoms with Gasteiger partial charge in [-0.15, -0.1) is 0 Å². The Morgan fingerprint density at radius 3 is 2.65 bits per heavy atom. The van der Waals surface area contributed by atoms with Crippen LogP contribution >= 0.6 is 0 Å². The first-order valence-corrected chi connectivity index (χ1v) is 10.7. The van der Waals surface area contributed by atoms with Crippen LogP contribution in [-0.4, -0.2) is 34.4 Å². The Hall–Kier alpha value is -2.71. The molecule has 9 heteroatoms. The highest BCUT2D eigenvalue weighted by Gasteiger charge is 2.46. The first-order chi connectivity index (χ1) is 15.0. The van der Waals surface area contributed by atoms with Crippen molar-refractivity contribution in [3.63, 3.8) is 0 Å². The van der Waals surface area contributed by atoms with E-state index < -0.39 is 29.7 Å². The summed E-state index contributed by atoms with van der Waals surface area (Å²) in [6.45, 7) is 0.767. The van der Waals surface area contributed by atoms with Crippen molar-refractivity contribution in [1.29, 1.82) is 0 Å². The molecule has 0 amide bonds. The van der Waals surface area contributed by atoms with Crippen LogP contribution in [0.25, 0.3) is 0 Å². The summed E-state index contributed by atoms with van der Waals surface area (Å²) in [5, 5.41) is 0. The smallest absolute Gasteiger partial charge is 0.352 e. The van der Waals surface area contributed by atoms with Gasteiger partial charge in [-0.2, -0.15) is 4.98 Å². The number of ether oxygens (including phenoxy) is 2. The van der Waals surface area contributed by atoms with Crippen LogP contribution < -0.4 is 20.1 Å². The lowest BCUT2D eigenvalue weighted by Gasteiger charge is -2.30. The van der Waals surface area contributed by atoms with Gasteiger partial charge in [-0.05, 0) is 49.8 Å². The average molecular weight is 435 g/mol. The van der Waals surface area contributed by atoms with E-state index in [1.165, 1.54) is 0 Å². The highest BCUT2D eigenvalue weighted by molar-refractivity contribution is 5.47. The van der Waals surface area contributed by atoms with Crippen LogP contribution in [0.4, 0.5) is 19.0 Å². The number of piperidine rings is 1. The van der Waals surface area contributed by atoms with Gasteiger partial charge in [0.15, 0.2) is 17.4 Å². The number of aromatic nitrogens is 2. The molecular formula is C22H24F3N3O3. The molecule has 1 aromatic carbocycles. The molecule has 2 fully saturated rings. The minimum atomic E-state index is -0.859. The maximum absolute atomic E-state index is 14.5. The summed E-state index contributed by atoms with van der Waals surface area (Å²) in [6, 6.07) is 4.28. The number of halogens is 3. The van der Waals surface area contributed by atoms with Gasteiger partial charge in [-0.1, -0.05) is 0 Å². The van der Waals surface area contributed by atoms with E-state index in [1.807, 2.05) is 0 Å². The minimum Gasteiger partial charge on any atom is -0.481 e. The fourth-order valence-corrected chi connectivity index (χ4v) is 4.54. The molecule has 3 aliphatic rings. The molecule has 1 atom stereocenters. The summed E-state index contributed by atoms with van der Waals surface area (Å²) in [6.07, 6.45) is 4.54. The number of alkyl halides is 1. The highest BCUT2D eigenvalue weighted by atomic mass is 19.1. The Bertz CT molecular complexity index is 1030. The molecule has 1 aliphatic carbocycles. The van der Waals surface area contributed by atoms with Crippen LogP contribution in [0, 0.1) is 11.6 Å². The number of rotatable bonds is 7. The van der Waals surface area contributed by atoms with Crippen molar-refractivity contribution in [2.75, 3.05) is 18.1 Å². The summed E-state index contributed by atoms with van der Waals surface area (Å²) >= 11 is 0. The molecule has 2 aliphatic heterocycles. The summed E-state index contributed by atoms with van der Waals surface area (Å²) in [7, 11) is 0. The molecule has 2 aromatic rings. The first-order valence-electron chi connectivity index (χ1n) is 10.7. The number of anilines is 1. The molecular weight excluding hydrogens is 411 g/mol. The summed E-state index contributed by atoms with van der Waals surface area (Å²) < 4.78 is 54.3. The molecule has 1 saturated heterocycles. The zero-order valence-electron chi connectivity index (χ0n) is 17.1. The Morgan fingerprint density at radius 1 is 1.16 bits per heavy atom. The third-order valence-corrected chi connectivity index (χ3v) is 6.40. The monoisotopic (exact) mass is 435 g/mol. The zero-order valence-corrected chi connectivity index (χ0v) is 17.1. The van der Waals surface area contributed by atoms with Gasteiger partial charge in [-0.25, -0.2) is 13.6 Å². The largest absolute Gasteiger partial charge is 0.481 e. The average Bonchev–Trinajstić information content (AvgIpc) is 3.40. The third-order valence-electron chi connectivity index (χ3n) is 6.40. The predicted octanol–water partition coefficient (Wildman–Crippen LogP) is 3.74. The second-order valence-corrected chi connectivity index (χ2v) is 8.59. The first kappa shape index (κ1) is 20.2. The van der Waals surface area contributed by atoms with Crippen LogP contribution in [0.2, 0.25) is 0 Å². The Morgan fingerprint density at radius 2 is 1.94 bits per heavy atom. The minimum absolute atomic E-state index is 0.119. The molecule has 3 heterocycles. The van der Waals surface area contributed by atoms with Crippen LogP contribution in [0.15, 0.2) is 23.0 Å². The number of nitrogens with zero attached hydrogens (tertiary/aromatic N) is 3. The van der Waals surface area contributed by atoms with Gasteiger partial charge in [0.2, 0.25) is 5.88 Å². The normalized spacial score (nSPS) is 20.9. The third kappa shape index (κ3) is 3.85. The standard InChI is InChI=1S/C22H24F3N3O3/c23-7-6-22(4-5-22)31-20-16(24)9-14(10-17(20)25)13-30-18-11-19-27-8-2-1-3-15(27)12-28(19)21(29)26-18/h9-11,15H,1-8,12-13H2/t15-/m1/s1. The Balaban J connectivity index is 1.31. The second kappa shape index (κ2) is 7.76. The molecule has 6 nitrogen and oxygen atoms in total. The zero-order chi connectivity index (χ0) is 21.6. The fraction of sp³-hybridized carbons (Fsp3) is 0.545. The van der Waals surface area contributed by atoms with E-state index in [-0.39, 0.29) is 30.2 Å². The molecule has 0 bridgehead atoms. The quantitative estimate of drug-likeness (QED) is 0.663. The SMILES string of the molecule is O=c1nc(OCc2cc(F)c(OC3(CCF)CC3)c(F)c2)cc2n1C[C@H]1CCCCN21. The molecule has 5 rings (SSSR count). The number of fused-ring (bicyclic) bond motifs is 3. The van der Waals surface area contributed by atoms with Gasteiger partial charge in [0.05, 0.1) is 6.67 Å². The molecule has 0 unspecified atom stereocenters. The molecule has 0 radical (unpaired) electrons. The molecule has 0 spiro atoms. The lowest BCUT2D eigenvalue weighted by molar-refractivity contribution is 0.142. The fourth-order valence-electron chi connectivity index (χ4n) is 4.54. The number of hydrogen-bond acceptors (Lipinski definition) is 5. The van der Waals surface area contributed by atoms with Crippen molar-refractivity contribution in [2.24, 2.45) is 0 Å². The maximum Gasteiger partial charge on any atom is 0.352 e. The summed E-state index contributed by atoms with van der Waals surface area (Å²) in [4.78, 5) is 18.6. The summed E-state index contributed by atoms with van der Waals surface area (Å²) in [5.74, 6) is -1.30. The van der Waals surface area contributed by atoms with E-state index >= 15 is 0 Å². The van der Waals surface area contributed by atoms with Crippen molar-refractivity contribution in [2.45, 2.75) is 63.3 Å². The highest BCUT2D eigenvalue weighted by Crippen LogP contribution is 2.44. The van der Waals surface area contributed by atoms with E-state index in [0.717, 1.165) is 43.8 Å². The van der Waals surface area contributed by atoms with Gasteiger partial charge in [0.1, 0.15) is 18.0 Å². The Labute approximate surface area is 177 Å². The van der Waals surface area contributed by atoms with Crippen molar-refractivity contribution < 1.29 is 22.6 Å². The molecule has 166 valence electrons. The van der Waals surface area contributed by atoms with Gasteiger partial charge in [-0.3, -0.25) is 8.96 Å². The maximum atomic E-state index is 14.5. The van der Waals surface area contributed by atoms with Crippen LogP contribution in [0.3, 0.4) is 0 Å². The van der Waals surface area contributed by atoms with Crippen molar-refractivity contribution >= 4 is 5.82 Å². The molecule has 0 N–H and O–H groups in total. The van der Waals surface area contributed by atoms with Gasteiger partial charge < -0.3 is 14.4 Å². The van der Waals surface area contributed by atoms with E-state index in [1.54, 1.807) is 10.6 Å². The lowest BCUT2D eigenvalue weighted by Crippen LogP contribution is -2.36.